The lowest BCUT2D eigenvalue weighted by Crippen LogP contribution is -2.49. The number of rotatable bonds is 8. The van der Waals surface area contributed by atoms with Crippen LogP contribution in [0.5, 0.6) is 0 Å². The Morgan fingerprint density at radius 2 is 2.19 bits per heavy atom. The van der Waals surface area contributed by atoms with Gasteiger partial charge in [-0.2, -0.15) is 0 Å². The predicted molar refractivity (Wildman–Crippen MR) is 105 cm³/mol. The average molecular weight is 395 g/mol. The third-order valence-electron chi connectivity index (χ3n) is 5.26. The monoisotopic (exact) mass is 394 g/mol. The van der Waals surface area contributed by atoms with Gasteiger partial charge in [0.05, 0.1) is 29.8 Å². The number of piperidine rings is 1. The van der Waals surface area contributed by atoms with E-state index in [1.165, 1.54) is 0 Å². The molecule has 0 saturated carbocycles. The quantitative estimate of drug-likeness (QED) is 0.710. The highest BCUT2D eigenvalue weighted by atomic mass is 32.1. The number of aromatic nitrogens is 1. The highest BCUT2D eigenvalue weighted by Gasteiger charge is 2.30. The van der Waals surface area contributed by atoms with Gasteiger partial charge < -0.3 is 15.0 Å². The number of thiazole rings is 1. The highest BCUT2D eigenvalue weighted by Crippen LogP contribution is 2.18. The summed E-state index contributed by atoms with van der Waals surface area (Å²) in [5.41, 5.74) is 1.11. The minimum atomic E-state index is -0.102. The van der Waals surface area contributed by atoms with Gasteiger partial charge >= 0.3 is 0 Å². The van der Waals surface area contributed by atoms with E-state index in [0.717, 1.165) is 56.4 Å². The molecule has 1 aromatic heterocycles. The molecule has 0 spiro atoms. The molecule has 1 atom stereocenters. The fourth-order valence-electron chi connectivity index (χ4n) is 3.49. The molecular weight excluding hydrogens is 364 g/mol. The zero-order valence-corrected chi connectivity index (χ0v) is 16.9. The molecular formula is C19H30N4O3S. The number of ether oxygens (including phenoxy) is 1. The van der Waals surface area contributed by atoms with E-state index in [1.807, 2.05) is 4.90 Å². The maximum Gasteiger partial charge on any atom is 0.224 e. The van der Waals surface area contributed by atoms with Crippen molar-refractivity contribution >= 4 is 23.2 Å². The fraction of sp³-hybridized carbons (Fsp3) is 0.737. The van der Waals surface area contributed by atoms with Crippen LogP contribution in [0.3, 0.4) is 0 Å². The van der Waals surface area contributed by atoms with Crippen LogP contribution in [0.4, 0.5) is 0 Å². The second-order valence-corrected chi connectivity index (χ2v) is 8.10. The second kappa shape index (κ2) is 10.1. The zero-order chi connectivity index (χ0) is 19.1. The smallest absolute Gasteiger partial charge is 0.224 e. The molecule has 2 amide bonds. The van der Waals surface area contributed by atoms with Crippen LogP contribution in [0.15, 0.2) is 5.38 Å². The van der Waals surface area contributed by atoms with Gasteiger partial charge in [0, 0.05) is 57.5 Å². The first-order chi connectivity index (χ1) is 13.2. The molecule has 2 fully saturated rings. The van der Waals surface area contributed by atoms with Crippen LogP contribution >= 0.6 is 11.3 Å². The van der Waals surface area contributed by atoms with Gasteiger partial charge in [0.15, 0.2) is 0 Å². The van der Waals surface area contributed by atoms with Crippen molar-refractivity contribution < 1.29 is 14.3 Å². The summed E-state index contributed by atoms with van der Waals surface area (Å²) in [7, 11) is 0. The van der Waals surface area contributed by atoms with Crippen molar-refractivity contribution in [1.29, 1.82) is 0 Å². The lowest BCUT2D eigenvalue weighted by molar-refractivity contribution is -0.138. The van der Waals surface area contributed by atoms with Crippen LogP contribution in [0.25, 0.3) is 0 Å². The molecule has 1 aromatic rings. The normalized spacial score (nSPS) is 21.4. The van der Waals surface area contributed by atoms with Crippen molar-refractivity contribution in [1.82, 2.24) is 20.1 Å². The van der Waals surface area contributed by atoms with Gasteiger partial charge in [0.1, 0.15) is 0 Å². The van der Waals surface area contributed by atoms with Crippen LogP contribution in [0, 0.1) is 5.92 Å². The molecule has 3 rings (SSSR count). The van der Waals surface area contributed by atoms with E-state index in [4.69, 9.17) is 4.74 Å². The molecule has 0 bridgehead atoms. The van der Waals surface area contributed by atoms with Crippen LogP contribution in [0.2, 0.25) is 0 Å². The highest BCUT2D eigenvalue weighted by molar-refractivity contribution is 7.09. The minimum Gasteiger partial charge on any atom is -0.379 e. The summed E-state index contributed by atoms with van der Waals surface area (Å²) in [5.74, 6) is 0.128. The SMILES string of the molecule is CCc1csc(CCNC(=O)[C@@H]2CCC(=O)N(CCN3CCOCC3)C2)n1. The van der Waals surface area contributed by atoms with Crippen LogP contribution in [-0.4, -0.2) is 79.1 Å². The number of carbonyl (C=O) groups excluding carboxylic acids is 2. The molecule has 3 heterocycles. The van der Waals surface area contributed by atoms with Crippen LogP contribution in [0.1, 0.15) is 30.5 Å². The zero-order valence-electron chi connectivity index (χ0n) is 16.1. The second-order valence-electron chi connectivity index (χ2n) is 7.16. The van der Waals surface area contributed by atoms with Gasteiger partial charge in [-0.25, -0.2) is 4.98 Å². The molecule has 2 saturated heterocycles. The van der Waals surface area contributed by atoms with E-state index < -0.39 is 0 Å². The molecule has 0 unspecified atom stereocenters. The van der Waals surface area contributed by atoms with Crippen molar-refractivity contribution in [3.05, 3.63) is 16.1 Å². The molecule has 1 N–H and O–H groups in total. The van der Waals surface area contributed by atoms with Gasteiger partial charge in [-0.3, -0.25) is 14.5 Å². The van der Waals surface area contributed by atoms with Crippen LogP contribution < -0.4 is 5.32 Å². The number of morpholine rings is 1. The van der Waals surface area contributed by atoms with E-state index in [2.05, 4.69) is 27.5 Å². The number of carbonyl (C=O) groups is 2. The average Bonchev–Trinajstić information content (AvgIpc) is 3.16. The molecule has 0 aromatic carbocycles. The number of aryl methyl sites for hydroxylation is 1. The van der Waals surface area contributed by atoms with Gasteiger partial charge in [-0.15, -0.1) is 11.3 Å². The number of hydrogen-bond acceptors (Lipinski definition) is 6. The Hall–Kier alpha value is -1.51. The van der Waals surface area contributed by atoms with Crippen molar-refractivity contribution in [2.24, 2.45) is 5.92 Å². The standard InChI is InChI=1S/C19H30N4O3S/c1-2-16-14-27-17(21-16)5-6-20-19(25)15-3-4-18(24)23(13-15)8-7-22-9-11-26-12-10-22/h14-15H,2-13H2,1H3,(H,20,25)/t15-/m1/s1. The summed E-state index contributed by atoms with van der Waals surface area (Å²) in [4.78, 5) is 33.4. The molecule has 7 nitrogen and oxygen atoms in total. The Balaban J connectivity index is 1.40. The van der Waals surface area contributed by atoms with Crippen molar-refractivity contribution in [2.45, 2.75) is 32.6 Å². The minimum absolute atomic E-state index is 0.0612. The summed E-state index contributed by atoms with van der Waals surface area (Å²) in [6.07, 6.45) is 2.82. The number of hydrogen-bond donors (Lipinski definition) is 1. The Bertz CT molecular complexity index is 630. The Morgan fingerprint density at radius 1 is 1.37 bits per heavy atom. The lowest BCUT2D eigenvalue weighted by Gasteiger charge is -2.34. The third kappa shape index (κ3) is 5.99. The van der Waals surface area contributed by atoms with Crippen molar-refractivity contribution in [3.63, 3.8) is 0 Å². The summed E-state index contributed by atoms with van der Waals surface area (Å²) in [6, 6.07) is 0. The van der Waals surface area contributed by atoms with E-state index >= 15 is 0 Å². The number of amides is 2. The Morgan fingerprint density at radius 3 is 2.93 bits per heavy atom. The third-order valence-corrected chi connectivity index (χ3v) is 6.22. The van der Waals surface area contributed by atoms with Crippen molar-refractivity contribution in [3.8, 4) is 0 Å². The van der Waals surface area contributed by atoms with Gasteiger partial charge in [-0.05, 0) is 12.8 Å². The summed E-state index contributed by atoms with van der Waals surface area (Å²) in [6.45, 7) is 8.14. The molecule has 0 radical (unpaired) electrons. The number of likely N-dealkylation sites (tertiary alicyclic amines) is 1. The Kier molecular flexibility index (Phi) is 7.60. The molecule has 8 heteroatoms. The van der Waals surface area contributed by atoms with Gasteiger partial charge in [0.25, 0.3) is 0 Å². The van der Waals surface area contributed by atoms with Gasteiger partial charge in [-0.1, -0.05) is 6.92 Å². The first-order valence-corrected chi connectivity index (χ1v) is 10.8. The fourth-order valence-corrected chi connectivity index (χ4v) is 4.38. The summed E-state index contributed by atoms with van der Waals surface area (Å²) < 4.78 is 5.36. The number of nitrogens with zero attached hydrogens (tertiary/aromatic N) is 3. The van der Waals surface area contributed by atoms with Gasteiger partial charge in [0.2, 0.25) is 11.8 Å². The predicted octanol–water partition coefficient (Wildman–Crippen LogP) is 0.935. The van der Waals surface area contributed by atoms with Crippen molar-refractivity contribution in [2.75, 3.05) is 52.5 Å². The Labute approximate surface area is 165 Å². The van der Waals surface area contributed by atoms with E-state index in [1.54, 1.807) is 11.3 Å². The maximum atomic E-state index is 12.5. The summed E-state index contributed by atoms with van der Waals surface area (Å²) >= 11 is 1.65. The maximum absolute atomic E-state index is 12.5. The summed E-state index contributed by atoms with van der Waals surface area (Å²) in [5, 5.41) is 6.18. The first-order valence-electron chi connectivity index (χ1n) is 9.94. The lowest BCUT2D eigenvalue weighted by atomic mass is 9.96. The molecule has 27 heavy (non-hydrogen) atoms. The van der Waals surface area contributed by atoms with E-state index in [9.17, 15) is 9.59 Å². The van der Waals surface area contributed by atoms with Crippen LogP contribution in [-0.2, 0) is 27.2 Å². The molecule has 2 aliphatic rings. The topological polar surface area (TPSA) is 74.8 Å². The van der Waals surface area contributed by atoms with E-state index in [-0.39, 0.29) is 17.7 Å². The largest absolute Gasteiger partial charge is 0.379 e. The first kappa shape index (κ1) is 20.2. The molecule has 150 valence electrons. The van der Waals surface area contributed by atoms with E-state index in [0.29, 0.717) is 32.5 Å². The molecule has 0 aliphatic carbocycles. The molecule has 2 aliphatic heterocycles. The number of nitrogens with one attached hydrogen (secondary N) is 1.